The Labute approximate surface area is 85.2 Å². The van der Waals surface area contributed by atoms with Crippen molar-refractivity contribution in [1.29, 1.82) is 0 Å². The lowest BCUT2D eigenvalue weighted by Gasteiger charge is -2.14. The van der Waals surface area contributed by atoms with Crippen LogP contribution in [0.3, 0.4) is 0 Å². The van der Waals surface area contributed by atoms with Crippen LogP contribution >= 0.6 is 0 Å². The Hall–Kier alpha value is -0.900. The maximum absolute atomic E-state index is 5.58. The second kappa shape index (κ2) is 6.54. The van der Waals surface area contributed by atoms with Crippen molar-refractivity contribution in [3.63, 3.8) is 0 Å². The fourth-order valence-electron chi connectivity index (χ4n) is 1.38. The summed E-state index contributed by atoms with van der Waals surface area (Å²) >= 11 is 0. The molecule has 0 amide bonds. The third kappa shape index (κ3) is 3.87. The average molecular weight is 194 g/mol. The maximum atomic E-state index is 5.58. The molecule has 0 aliphatic rings. The molecule has 0 saturated carbocycles. The van der Waals surface area contributed by atoms with Crippen LogP contribution in [-0.2, 0) is 11.3 Å². The van der Waals surface area contributed by atoms with Gasteiger partial charge in [-0.1, -0.05) is 30.3 Å². The van der Waals surface area contributed by atoms with Gasteiger partial charge in [-0.2, -0.15) is 5.48 Å². The summed E-state index contributed by atoms with van der Waals surface area (Å²) in [6.07, 6.45) is 2.02. The normalized spacial score (nSPS) is 12.7. The molecule has 1 atom stereocenters. The van der Waals surface area contributed by atoms with E-state index in [0.717, 1.165) is 12.8 Å². The lowest BCUT2D eigenvalue weighted by Crippen LogP contribution is -2.35. The van der Waals surface area contributed by atoms with Gasteiger partial charge in [0.1, 0.15) is 0 Å². The standard InChI is InChI=1S/C11H18N2O/c1-14-13-11(9-12)8-7-10-5-3-2-4-6-10/h2-6,11,13H,7-9,12H2,1H3. The second-order valence-electron chi connectivity index (χ2n) is 3.28. The Kier molecular flexibility index (Phi) is 5.22. The van der Waals surface area contributed by atoms with Crippen molar-refractivity contribution in [1.82, 2.24) is 5.48 Å². The number of hydrogen-bond donors (Lipinski definition) is 2. The van der Waals surface area contributed by atoms with E-state index >= 15 is 0 Å². The van der Waals surface area contributed by atoms with Crippen molar-refractivity contribution in [3.8, 4) is 0 Å². The molecule has 0 aliphatic heterocycles. The maximum Gasteiger partial charge on any atom is 0.0572 e. The predicted molar refractivity (Wildman–Crippen MR) is 57.8 cm³/mol. The zero-order chi connectivity index (χ0) is 10.2. The largest absolute Gasteiger partial charge is 0.329 e. The van der Waals surface area contributed by atoms with Gasteiger partial charge in [0.2, 0.25) is 0 Å². The van der Waals surface area contributed by atoms with E-state index in [0.29, 0.717) is 6.54 Å². The lowest BCUT2D eigenvalue weighted by atomic mass is 10.1. The highest BCUT2D eigenvalue weighted by molar-refractivity contribution is 5.14. The van der Waals surface area contributed by atoms with Crippen molar-refractivity contribution in [3.05, 3.63) is 35.9 Å². The molecule has 1 aromatic rings. The van der Waals surface area contributed by atoms with Gasteiger partial charge in [0, 0.05) is 12.6 Å². The highest BCUT2D eigenvalue weighted by atomic mass is 16.6. The van der Waals surface area contributed by atoms with Crippen LogP contribution in [0.2, 0.25) is 0 Å². The molecule has 0 saturated heterocycles. The number of nitrogens with one attached hydrogen (secondary N) is 1. The van der Waals surface area contributed by atoms with Crippen molar-refractivity contribution in [2.24, 2.45) is 5.73 Å². The van der Waals surface area contributed by atoms with E-state index in [1.54, 1.807) is 7.11 Å². The summed E-state index contributed by atoms with van der Waals surface area (Å²) in [6, 6.07) is 10.6. The van der Waals surface area contributed by atoms with Gasteiger partial charge < -0.3 is 10.6 Å². The minimum absolute atomic E-state index is 0.236. The molecule has 3 N–H and O–H groups in total. The van der Waals surface area contributed by atoms with E-state index in [2.05, 4.69) is 29.7 Å². The Bertz CT molecular complexity index is 238. The molecule has 0 bridgehead atoms. The number of aryl methyl sites for hydroxylation is 1. The SMILES string of the molecule is CONC(CN)CCc1ccccc1. The molecule has 14 heavy (non-hydrogen) atoms. The summed E-state index contributed by atoms with van der Waals surface area (Å²) in [5, 5.41) is 0. The van der Waals surface area contributed by atoms with Crippen LogP contribution in [0, 0.1) is 0 Å². The van der Waals surface area contributed by atoms with Crippen LogP contribution in [0.15, 0.2) is 30.3 Å². The van der Waals surface area contributed by atoms with Crippen LogP contribution in [0.4, 0.5) is 0 Å². The highest BCUT2D eigenvalue weighted by Crippen LogP contribution is 2.04. The van der Waals surface area contributed by atoms with Crippen LogP contribution in [0.5, 0.6) is 0 Å². The van der Waals surface area contributed by atoms with Crippen LogP contribution < -0.4 is 11.2 Å². The number of hydroxylamine groups is 1. The zero-order valence-electron chi connectivity index (χ0n) is 8.57. The fourth-order valence-corrected chi connectivity index (χ4v) is 1.38. The highest BCUT2D eigenvalue weighted by Gasteiger charge is 2.04. The topological polar surface area (TPSA) is 47.3 Å². The minimum atomic E-state index is 0.236. The van der Waals surface area contributed by atoms with E-state index in [4.69, 9.17) is 10.6 Å². The third-order valence-electron chi connectivity index (χ3n) is 2.19. The molecule has 78 valence electrons. The summed E-state index contributed by atoms with van der Waals surface area (Å²) in [7, 11) is 1.62. The first-order chi connectivity index (χ1) is 6.86. The van der Waals surface area contributed by atoms with Crippen molar-refractivity contribution < 1.29 is 4.84 Å². The average Bonchev–Trinajstić information content (AvgIpc) is 2.25. The molecular formula is C11H18N2O. The van der Waals surface area contributed by atoms with Crippen molar-refractivity contribution >= 4 is 0 Å². The molecule has 3 heteroatoms. The van der Waals surface area contributed by atoms with Crippen LogP contribution in [-0.4, -0.2) is 19.7 Å². The summed E-state index contributed by atoms with van der Waals surface area (Å²) < 4.78 is 0. The van der Waals surface area contributed by atoms with Gasteiger partial charge in [0.05, 0.1) is 7.11 Å². The fraction of sp³-hybridized carbons (Fsp3) is 0.455. The van der Waals surface area contributed by atoms with E-state index in [1.807, 2.05) is 6.07 Å². The van der Waals surface area contributed by atoms with Gasteiger partial charge in [0.25, 0.3) is 0 Å². The zero-order valence-corrected chi connectivity index (χ0v) is 8.57. The predicted octanol–water partition coefficient (Wildman–Crippen LogP) is 1.10. The van der Waals surface area contributed by atoms with E-state index in [1.165, 1.54) is 5.56 Å². The summed E-state index contributed by atoms with van der Waals surface area (Å²) in [5.74, 6) is 0. The molecule has 0 radical (unpaired) electrons. The van der Waals surface area contributed by atoms with E-state index in [9.17, 15) is 0 Å². The first-order valence-corrected chi connectivity index (χ1v) is 4.89. The Morgan fingerprint density at radius 3 is 2.64 bits per heavy atom. The van der Waals surface area contributed by atoms with Crippen LogP contribution in [0.1, 0.15) is 12.0 Å². The first kappa shape index (κ1) is 11.2. The minimum Gasteiger partial charge on any atom is -0.329 e. The summed E-state index contributed by atoms with van der Waals surface area (Å²) in [5.41, 5.74) is 9.79. The summed E-state index contributed by atoms with van der Waals surface area (Å²) in [6.45, 7) is 0.598. The van der Waals surface area contributed by atoms with Crippen molar-refractivity contribution in [2.45, 2.75) is 18.9 Å². The molecule has 3 nitrogen and oxygen atoms in total. The Morgan fingerprint density at radius 1 is 1.36 bits per heavy atom. The van der Waals surface area contributed by atoms with E-state index in [-0.39, 0.29) is 6.04 Å². The third-order valence-corrected chi connectivity index (χ3v) is 2.19. The summed E-state index contributed by atoms with van der Waals surface area (Å²) in [4.78, 5) is 4.85. The Morgan fingerprint density at radius 2 is 2.07 bits per heavy atom. The molecule has 0 fully saturated rings. The van der Waals surface area contributed by atoms with Gasteiger partial charge in [-0.3, -0.25) is 0 Å². The molecule has 1 rings (SSSR count). The van der Waals surface area contributed by atoms with Crippen LogP contribution in [0.25, 0.3) is 0 Å². The van der Waals surface area contributed by atoms with Gasteiger partial charge in [-0.15, -0.1) is 0 Å². The van der Waals surface area contributed by atoms with Gasteiger partial charge >= 0.3 is 0 Å². The number of hydrogen-bond acceptors (Lipinski definition) is 3. The molecule has 0 aromatic heterocycles. The molecule has 0 spiro atoms. The second-order valence-corrected chi connectivity index (χ2v) is 3.28. The number of benzene rings is 1. The van der Waals surface area contributed by atoms with Crippen molar-refractivity contribution in [2.75, 3.05) is 13.7 Å². The number of nitrogens with two attached hydrogens (primary N) is 1. The van der Waals surface area contributed by atoms with Gasteiger partial charge in [-0.25, -0.2) is 0 Å². The smallest absolute Gasteiger partial charge is 0.0572 e. The molecule has 1 aromatic carbocycles. The monoisotopic (exact) mass is 194 g/mol. The molecular weight excluding hydrogens is 176 g/mol. The quantitative estimate of drug-likeness (QED) is 0.667. The Balaban J connectivity index is 2.32. The van der Waals surface area contributed by atoms with E-state index < -0.39 is 0 Å². The molecule has 0 heterocycles. The number of rotatable bonds is 6. The van der Waals surface area contributed by atoms with Gasteiger partial charge in [-0.05, 0) is 18.4 Å². The first-order valence-electron chi connectivity index (χ1n) is 4.89. The molecule has 1 unspecified atom stereocenters. The molecule has 0 aliphatic carbocycles. The lowest BCUT2D eigenvalue weighted by molar-refractivity contribution is 0.0607. The van der Waals surface area contributed by atoms with Gasteiger partial charge in [0.15, 0.2) is 0 Å².